The minimum Gasteiger partial charge on any atom is -0.356 e. The Bertz CT molecular complexity index is 622. The van der Waals surface area contributed by atoms with E-state index in [1.54, 1.807) is 11.3 Å². The van der Waals surface area contributed by atoms with Crippen LogP contribution in [0.25, 0.3) is 10.1 Å². The lowest BCUT2D eigenvalue weighted by Gasteiger charge is -2.27. The topological polar surface area (TPSA) is 41.1 Å². The number of carbonyl (C=O) groups is 1. The molecule has 1 aliphatic rings. The van der Waals surface area contributed by atoms with Crippen LogP contribution in [-0.4, -0.2) is 25.0 Å². The molecular weight excluding hydrogens is 280 g/mol. The molecule has 21 heavy (non-hydrogen) atoms. The highest BCUT2D eigenvalue weighted by molar-refractivity contribution is 7.17. The first-order chi connectivity index (χ1) is 10.2. The third-order valence-corrected chi connectivity index (χ3v) is 5.26. The Morgan fingerprint density at radius 2 is 2.29 bits per heavy atom. The number of hydrogen-bond acceptors (Lipinski definition) is 3. The van der Waals surface area contributed by atoms with Gasteiger partial charge in [0.2, 0.25) is 5.91 Å². The van der Waals surface area contributed by atoms with Crippen molar-refractivity contribution in [2.75, 3.05) is 13.1 Å². The summed E-state index contributed by atoms with van der Waals surface area (Å²) in [6.07, 6.45) is 2.82. The molecule has 1 saturated heterocycles. The Morgan fingerprint density at radius 1 is 1.43 bits per heavy atom. The van der Waals surface area contributed by atoms with E-state index in [1.807, 2.05) is 0 Å². The van der Waals surface area contributed by atoms with Gasteiger partial charge in [-0.1, -0.05) is 18.2 Å². The van der Waals surface area contributed by atoms with Crippen LogP contribution in [0.4, 0.5) is 0 Å². The molecule has 1 aromatic carbocycles. The zero-order valence-corrected chi connectivity index (χ0v) is 13.2. The van der Waals surface area contributed by atoms with Gasteiger partial charge in [-0.25, -0.2) is 0 Å². The van der Waals surface area contributed by atoms with Crippen molar-refractivity contribution in [3.8, 4) is 0 Å². The van der Waals surface area contributed by atoms with E-state index in [0.29, 0.717) is 6.04 Å². The summed E-state index contributed by atoms with van der Waals surface area (Å²) in [6, 6.07) is 8.92. The van der Waals surface area contributed by atoms with Gasteiger partial charge in [-0.3, -0.25) is 4.79 Å². The molecule has 0 saturated carbocycles. The van der Waals surface area contributed by atoms with Crippen LogP contribution in [0.3, 0.4) is 0 Å². The molecule has 1 fully saturated rings. The van der Waals surface area contributed by atoms with Gasteiger partial charge in [-0.05, 0) is 55.1 Å². The first kappa shape index (κ1) is 14.5. The normalized spacial score (nSPS) is 22.3. The molecule has 0 unspecified atom stereocenters. The maximum Gasteiger partial charge on any atom is 0.223 e. The molecule has 2 aromatic rings. The van der Waals surface area contributed by atoms with E-state index in [4.69, 9.17) is 0 Å². The number of piperidine rings is 1. The van der Waals surface area contributed by atoms with Crippen LogP contribution in [0.15, 0.2) is 29.6 Å². The minimum atomic E-state index is 0.181. The number of fused-ring (bicyclic) bond motifs is 1. The second-order valence-electron chi connectivity index (χ2n) is 5.87. The molecule has 1 amide bonds. The van der Waals surface area contributed by atoms with Crippen molar-refractivity contribution in [1.29, 1.82) is 0 Å². The SMILES string of the molecule is C[C@H]1C[C@@H](C(=O)NCCc2csc3ccccc23)CCN1. The molecule has 1 aromatic heterocycles. The molecule has 2 heterocycles. The van der Waals surface area contributed by atoms with E-state index in [1.165, 1.54) is 15.6 Å². The standard InChI is InChI=1S/C17H22N2OS/c1-12-10-13(6-8-18-12)17(20)19-9-7-14-11-21-16-5-3-2-4-15(14)16/h2-5,11-13,18H,6-10H2,1H3,(H,19,20)/t12-,13-/m0/s1. The van der Waals surface area contributed by atoms with Gasteiger partial charge in [0.1, 0.15) is 0 Å². The third-order valence-electron chi connectivity index (χ3n) is 4.25. The zero-order valence-electron chi connectivity index (χ0n) is 12.4. The maximum atomic E-state index is 12.2. The van der Waals surface area contributed by atoms with E-state index in [9.17, 15) is 4.79 Å². The molecule has 0 spiro atoms. The molecule has 4 heteroatoms. The predicted octanol–water partition coefficient (Wildman–Crippen LogP) is 2.95. The van der Waals surface area contributed by atoms with Crippen LogP contribution in [-0.2, 0) is 11.2 Å². The first-order valence-electron chi connectivity index (χ1n) is 7.70. The van der Waals surface area contributed by atoms with Gasteiger partial charge in [0.05, 0.1) is 0 Å². The Balaban J connectivity index is 1.52. The molecule has 1 aliphatic heterocycles. The Hall–Kier alpha value is -1.39. The number of thiophene rings is 1. The first-order valence-corrected chi connectivity index (χ1v) is 8.58. The van der Waals surface area contributed by atoms with Gasteiger partial charge in [-0.2, -0.15) is 0 Å². The molecule has 0 radical (unpaired) electrons. The van der Waals surface area contributed by atoms with Crippen LogP contribution in [0, 0.1) is 5.92 Å². The number of hydrogen-bond donors (Lipinski definition) is 2. The van der Waals surface area contributed by atoms with Crippen molar-refractivity contribution in [3.05, 3.63) is 35.2 Å². The smallest absolute Gasteiger partial charge is 0.223 e. The number of rotatable bonds is 4. The summed E-state index contributed by atoms with van der Waals surface area (Å²) in [4.78, 5) is 12.2. The molecule has 3 nitrogen and oxygen atoms in total. The summed E-state index contributed by atoms with van der Waals surface area (Å²) in [5.41, 5.74) is 1.34. The van der Waals surface area contributed by atoms with Crippen molar-refractivity contribution in [1.82, 2.24) is 10.6 Å². The number of carbonyl (C=O) groups excluding carboxylic acids is 1. The van der Waals surface area contributed by atoms with Gasteiger partial charge in [0.25, 0.3) is 0 Å². The molecule has 0 aliphatic carbocycles. The fraction of sp³-hybridized carbons (Fsp3) is 0.471. The zero-order chi connectivity index (χ0) is 14.7. The van der Waals surface area contributed by atoms with Crippen molar-refractivity contribution < 1.29 is 4.79 Å². The van der Waals surface area contributed by atoms with E-state index in [0.717, 1.165) is 32.4 Å². The summed E-state index contributed by atoms with van der Waals surface area (Å²) in [5.74, 6) is 0.406. The largest absolute Gasteiger partial charge is 0.356 e. The summed E-state index contributed by atoms with van der Waals surface area (Å²) >= 11 is 1.78. The molecule has 2 atom stereocenters. The van der Waals surface area contributed by atoms with Gasteiger partial charge in [-0.15, -0.1) is 11.3 Å². The van der Waals surface area contributed by atoms with E-state index in [2.05, 4.69) is 47.2 Å². The van der Waals surface area contributed by atoms with Gasteiger partial charge < -0.3 is 10.6 Å². The van der Waals surface area contributed by atoms with Crippen LogP contribution in [0.1, 0.15) is 25.3 Å². The summed E-state index contributed by atoms with van der Waals surface area (Å²) in [6.45, 7) is 3.84. The van der Waals surface area contributed by atoms with Crippen LogP contribution in [0.5, 0.6) is 0 Å². The molecular formula is C17H22N2OS. The molecule has 3 rings (SSSR count). The van der Waals surface area contributed by atoms with E-state index < -0.39 is 0 Å². The van der Waals surface area contributed by atoms with Gasteiger partial charge in [0, 0.05) is 23.2 Å². The fourth-order valence-electron chi connectivity index (χ4n) is 3.06. The van der Waals surface area contributed by atoms with Crippen molar-refractivity contribution in [3.63, 3.8) is 0 Å². The fourth-order valence-corrected chi connectivity index (χ4v) is 4.06. The number of benzene rings is 1. The Morgan fingerprint density at radius 3 is 3.14 bits per heavy atom. The van der Waals surface area contributed by atoms with Crippen LogP contribution in [0.2, 0.25) is 0 Å². The predicted molar refractivity (Wildman–Crippen MR) is 88.7 cm³/mol. The highest BCUT2D eigenvalue weighted by atomic mass is 32.1. The molecule has 0 bridgehead atoms. The van der Waals surface area contributed by atoms with E-state index in [-0.39, 0.29) is 11.8 Å². The highest BCUT2D eigenvalue weighted by Crippen LogP contribution is 2.25. The summed E-state index contributed by atoms with van der Waals surface area (Å²) in [7, 11) is 0. The maximum absolute atomic E-state index is 12.2. The second-order valence-corrected chi connectivity index (χ2v) is 6.79. The minimum absolute atomic E-state index is 0.181. The third kappa shape index (κ3) is 3.44. The summed E-state index contributed by atoms with van der Waals surface area (Å²) < 4.78 is 1.33. The van der Waals surface area contributed by atoms with Gasteiger partial charge in [0.15, 0.2) is 0 Å². The van der Waals surface area contributed by atoms with E-state index >= 15 is 0 Å². The Kier molecular flexibility index (Phi) is 4.56. The quantitative estimate of drug-likeness (QED) is 0.911. The number of amides is 1. The average Bonchev–Trinajstić information content (AvgIpc) is 2.91. The average molecular weight is 302 g/mol. The van der Waals surface area contributed by atoms with Crippen molar-refractivity contribution >= 4 is 27.3 Å². The molecule has 2 N–H and O–H groups in total. The van der Waals surface area contributed by atoms with Crippen LogP contribution < -0.4 is 10.6 Å². The van der Waals surface area contributed by atoms with Gasteiger partial charge >= 0.3 is 0 Å². The second kappa shape index (κ2) is 6.58. The van der Waals surface area contributed by atoms with Crippen molar-refractivity contribution in [2.45, 2.75) is 32.2 Å². The monoisotopic (exact) mass is 302 g/mol. The van der Waals surface area contributed by atoms with Crippen molar-refractivity contribution in [2.24, 2.45) is 5.92 Å². The van der Waals surface area contributed by atoms with Crippen LogP contribution >= 0.6 is 11.3 Å². The summed E-state index contributed by atoms with van der Waals surface area (Å²) in [5, 5.41) is 10.0. The highest BCUT2D eigenvalue weighted by Gasteiger charge is 2.24. The lowest BCUT2D eigenvalue weighted by Crippen LogP contribution is -2.42. The Labute approximate surface area is 129 Å². The lowest BCUT2D eigenvalue weighted by atomic mass is 9.92. The number of nitrogens with one attached hydrogen (secondary N) is 2. The molecule has 112 valence electrons. The lowest BCUT2D eigenvalue weighted by molar-refractivity contribution is -0.126.